The van der Waals surface area contributed by atoms with E-state index in [2.05, 4.69) is 27.2 Å². The van der Waals surface area contributed by atoms with Crippen LogP contribution in [0.2, 0.25) is 0 Å². The molecule has 0 aliphatic carbocycles. The van der Waals surface area contributed by atoms with Crippen LogP contribution in [0.15, 0.2) is 24.4 Å². The quantitative estimate of drug-likeness (QED) is 0.626. The first-order chi connectivity index (χ1) is 11.6. The third-order valence-electron chi connectivity index (χ3n) is 3.56. The highest BCUT2D eigenvalue weighted by atomic mass is 32.1. The Morgan fingerprint density at radius 1 is 1.32 bits per heavy atom. The Morgan fingerprint density at radius 3 is 2.80 bits per heavy atom. The molecule has 0 aromatic carbocycles. The topological polar surface area (TPSA) is 106 Å². The monoisotopic (exact) mass is 365 g/mol. The number of rotatable bonds is 9. The maximum Gasteiger partial charge on any atom is 0.222 e. The molecule has 0 aliphatic heterocycles. The highest BCUT2D eigenvalue weighted by molar-refractivity contribution is 7.59. The van der Waals surface area contributed by atoms with Gasteiger partial charge in [0.05, 0.1) is 24.5 Å². The van der Waals surface area contributed by atoms with Gasteiger partial charge < -0.3 is 20.9 Å². The van der Waals surface area contributed by atoms with Gasteiger partial charge in [-0.3, -0.25) is 4.98 Å². The van der Waals surface area contributed by atoms with E-state index in [4.69, 9.17) is 10.5 Å². The fourth-order valence-corrected chi connectivity index (χ4v) is 2.28. The van der Waals surface area contributed by atoms with Crippen molar-refractivity contribution in [3.63, 3.8) is 0 Å². The second-order valence-corrected chi connectivity index (χ2v) is 5.67. The number of aliphatic hydroxyl groups is 1. The van der Waals surface area contributed by atoms with Crippen LogP contribution in [0.5, 0.6) is 5.75 Å². The zero-order chi connectivity index (χ0) is 17.4. The van der Waals surface area contributed by atoms with Crippen LogP contribution in [0.3, 0.4) is 0 Å². The van der Waals surface area contributed by atoms with Crippen molar-refractivity contribution < 1.29 is 9.84 Å². The predicted octanol–water partition coefficient (Wildman–Crippen LogP) is 2.42. The Hall–Kier alpha value is -2.06. The van der Waals surface area contributed by atoms with Crippen molar-refractivity contribution >= 4 is 25.3 Å². The third kappa shape index (κ3) is 6.75. The number of nitrogens with zero attached hydrogens (tertiary/aromatic N) is 3. The van der Waals surface area contributed by atoms with Crippen LogP contribution in [0, 0.1) is 6.92 Å². The highest BCUT2D eigenvalue weighted by Gasteiger charge is 2.13. The normalized spacial score (nSPS) is 11.5. The zero-order valence-corrected chi connectivity index (χ0v) is 15.7. The summed E-state index contributed by atoms with van der Waals surface area (Å²) in [6.45, 7) is 4.37. The summed E-state index contributed by atoms with van der Waals surface area (Å²) < 4.78 is 5.80. The number of nitrogen functional groups attached to an aromatic ring is 1. The number of hydrogen-bond donors (Lipinski definition) is 3. The van der Waals surface area contributed by atoms with Crippen LogP contribution in [0.4, 0.5) is 11.8 Å². The van der Waals surface area contributed by atoms with E-state index < -0.39 is 0 Å². The molecule has 0 fully saturated rings. The molecule has 0 bridgehead atoms. The van der Waals surface area contributed by atoms with Gasteiger partial charge in [0.2, 0.25) is 5.95 Å². The minimum atomic E-state index is -0.0984. The summed E-state index contributed by atoms with van der Waals surface area (Å²) in [7, 11) is 0. The average Bonchev–Trinajstić information content (AvgIpc) is 2.58. The molecule has 0 spiro atoms. The van der Waals surface area contributed by atoms with E-state index in [0.717, 1.165) is 30.7 Å². The second-order valence-electron chi connectivity index (χ2n) is 5.67. The molecular weight excluding hydrogens is 338 g/mol. The lowest BCUT2D eigenvalue weighted by molar-refractivity contribution is 0.265. The molecule has 2 aromatic rings. The van der Waals surface area contributed by atoms with Gasteiger partial charge in [0, 0.05) is 5.69 Å². The standard InChI is InChI=1S/C17H25N5O2.H2S/c1-3-4-7-13(10-23)21-16-15(9-19-17(18)22-16)24-11-14-8-5-6-12(2)20-14;/h5-6,8-9,13,23H,3-4,7,10-11H2,1-2H3,(H3,18,19,21,22);1H2/t13-;/m0./s1. The molecule has 0 radical (unpaired) electrons. The molecule has 7 nitrogen and oxygen atoms in total. The van der Waals surface area contributed by atoms with Gasteiger partial charge >= 0.3 is 0 Å². The molecule has 1 atom stereocenters. The van der Waals surface area contributed by atoms with Crippen molar-refractivity contribution in [3.8, 4) is 5.75 Å². The SMILES string of the molecule is CCCC[C@@H](CO)Nc1nc(N)ncc1OCc1cccc(C)n1.S. The summed E-state index contributed by atoms with van der Waals surface area (Å²) in [4.78, 5) is 12.6. The van der Waals surface area contributed by atoms with Gasteiger partial charge in [0.25, 0.3) is 0 Å². The largest absolute Gasteiger partial charge is 0.482 e. The lowest BCUT2D eigenvalue weighted by Crippen LogP contribution is -2.25. The Morgan fingerprint density at radius 2 is 2.12 bits per heavy atom. The summed E-state index contributed by atoms with van der Waals surface area (Å²) in [6, 6.07) is 5.67. The number of anilines is 2. The molecule has 0 unspecified atom stereocenters. The molecule has 0 aliphatic rings. The first-order valence-corrected chi connectivity index (χ1v) is 8.17. The van der Waals surface area contributed by atoms with Crippen molar-refractivity contribution in [1.82, 2.24) is 15.0 Å². The van der Waals surface area contributed by atoms with Crippen LogP contribution >= 0.6 is 13.5 Å². The number of ether oxygens (including phenoxy) is 1. The van der Waals surface area contributed by atoms with Crippen LogP contribution in [-0.4, -0.2) is 32.7 Å². The first-order valence-electron chi connectivity index (χ1n) is 8.17. The smallest absolute Gasteiger partial charge is 0.222 e. The summed E-state index contributed by atoms with van der Waals surface area (Å²) >= 11 is 0. The molecule has 138 valence electrons. The number of nitrogens with two attached hydrogens (primary N) is 1. The number of aryl methyl sites for hydroxylation is 1. The van der Waals surface area contributed by atoms with E-state index in [1.54, 1.807) is 0 Å². The zero-order valence-electron chi connectivity index (χ0n) is 14.7. The van der Waals surface area contributed by atoms with E-state index in [0.29, 0.717) is 18.2 Å². The van der Waals surface area contributed by atoms with Crippen molar-refractivity contribution in [2.24, 2.45) is 0 Å². The maximum absolute atomic E-state index is 9.52. The first kappa shape index (κ1) is 21.0. The number of aliphatic hydroxyl groups excluding tert-OH is 1. The Bertz CT molecular complexity index is 657. The van der Waals surface area contributed by atoms with Crippen molar-refractivity contribution in [3.05, 3.63) is 35.8 Å². The molecule has 0 amide bonds. The Kier molecular flexibility index (Phi) is 9.01. The van der Waals surface area contributed by atoms with Gasteiger partial charge in [-0.15, -0.1) is 0 Å². The third-order valence-corrected chi connectivity index (χ3v) is 3.56. The van der Waals surface area contributed by atoms with E-state index in [9.17, 15) is 5.11 Å². The van der Waals surface area contributed by atoms with Crippen LogP contribution < -0.4 is 15.8 Å². The number of unbranched alkanes of at least 4 members (excludes halogenated alkanes) is 1. The van der Waals surface area contributed by atoms with Gasteiger partial charge in [0.1, 0.15) is 6.61 Å². The van der Waals surface area contributed by atoms with Gasteiger partial charge in [-0.25, -0.2) is 4.98 Å². The molecule has 2 aromatic heterocycles. The van der Waals surface area contributed by atoms with Gasteiger partial charge in [-0.05, 0) is 25.5 Å². The minimum absolute atomic E-state index is 0. The molecule has 2 heterocycles. The fraction of sp³-hybridized carbons (Fsp3) is 0.471. The van der Waals surface area contributed by atoms with Gasteiger partial charge in [0.15, 0.2) is 11.6 Å². The molecule has 2 rings (SSSR count). The molecule has 25 heavy (non-hydrogen) atoms. The lowest BCUT2D eigenvalue weighted by Gasteiger charge is -2.19. The summed E-state index contributed by atoms with van der Waals surface area (Å²) in [5, 5.41) is 12.7. The van der Waals surface area contributed by atoms with Crippen LogP contribution in [-0.2, 0) is 6.61 Å². The van der Waals surface area contributed by atoms with Gasteiger partial charge in [-0.2, -0.15) is 18.5 Å². The lowest BCUT2D eigenvalue weighted by atomic mass is 10.1. The highest BCUT2D eigenvalue weighted by Crippen LogP contribution is 2.24. The van der Waals surface area contributed by atoms with E-state index in [1.807, 2.05) is 25.1 Å². The van der Waals surface area contributed by atoms with E-state index in [1.165, 1.54) is 6.20 Å². The van der Waals surface area contributed by atoms with Crippen LogP contribution in [0.1, 0.15) is 37.6 Å². The number of nitrogens with one attached hydrogen (secondary N) is 1. The average molecular weight is 366 g/mol. The summed E-state index contributed by atoms with van der Waals surface area (Å²) in [6.07, 6.45) is 4.46. The second kappa shape index (κ2) is 10.7. The molecule has 4 N–H and O–H groups in total. The van der Waals surface area contributed by atoms with Crippen LogP contribution in [0.25, 0.3) is 0 Å². The molecule has 0 saturated carbocycles. The van der Waals surface area contributed by atoms with Crippen molar-refractivity contribution in [1.29, 1.82) is 0 Å². The fourth-order valence-electron chi connectivity index (χ4n) is 2.28. The minimum Gasteiger partial charge on any atom is -0.482 e. The number of aromatic nitrogens is 3. The number of hydrogen-bond acceptors (Lipinski definition) is 7. The molecule has 0 saturated heterocycles. The van der Waals surface area contributed by atoms with Gasteiger partial charge in [-0.1, -0.05) is 25.8 Å². The number of pyridine rings is 1. The Balaban J connectivity index is 0.00000312. The van der Waals surface area contributed by atoms with Crippen molar-refractivity contribution in [2.45, 2.75) is 45.8 Å². The summed E-state index contributed by atoms with van der Waals surface area (Å²) in [5.74, 6) is 1.14. The van der Waals surface area contributed by atoms with Crippen molar-refractivity contribution in [2.75, 3.05) is 17.7 Å². The molecule has 8 heteroatoms. The Labute approximate surface area is 155 Å². The molecular formula is C17H27N5O2S. The van der Waals surface area contributed by atoms with E-state index in [-0.39, 0.29) is 32.1 Å². The summed E-state index contributed by atoms with van der Waals surface area (Å²) in [5.41, 5.74) is 7.43. The van der Waals surface area contributed by atoms with E-state index >= 15 is 0 Å². The maximum atomic E-state index is 9.52. The predicted molar refractivity (Wildman–Crippen MR) is 104 cm³/mol.